The van der Waals surface area contributed by atoms with Gasteiger partial charge in [-0.05, 0) is 49.9 Å². The molecule has 1 aliphatic heterocycles. The first-order valence-electron chi connectivity index (χ1n) is 9.84. The summed E-state index contributed by atoms with van der Waals surface area (Å²) >= 11 is 0. The molecule has 2 heterocycles. The molecule has 1 saturated heterocycles. The summed E-state index contributed by atoms with van der Waals surface area (Å²) in [5.41, 5.74) is 1.49. The minimum absolute atomic E-state index is 0.00510. The van der Waals surface area contributed by atoms with E-state index in [1.165, 1.54) is 6.07 Å². The molecule has 0 spiro atoms. The van der Waals surface area contributed by atoms with Gasteiger partial charge in [0.2, 0.25) is 0 Å². The van der Waals surface area contributed by atoms with Crippen LogP contribution >= 0.6 is 0 Å². The summed E-state index contributed by atoms with van der Waals surface area (Å²) in [4.78, 5) is 24.6. The molecule has 1 aromatic heterocycles. The fraction of sp³-hybridized carbons (Fsp3) is 0.333. The number of carbonyl (C=O) groups excluding carboxylic acids is 1. The van der Waals surface area contributed by atoms with Crippen molar-refractivity contribution in [3.8, 4) is 16.9 Å². The Balaban J connectivity index is 1.54. The van der Waals surface area contributed by atoms with E-state index in [-0.39, 0.29) is 23.9 Å². The van der Waals surface area contributed by atoms with Crippen molar-refractivity contribution in [3.63, 3.8) is 0 Å². The Morgan fingerprint density at radius 3 is 2.69 bits per heavy atom. The molecule has 0 saturated carbocycles. The molecule has 2 aromatic carbocycles. The van der Waals surface area contributed by atoms with Crippen LogP contribution in [0.25, 0.3) is 22.1 Å². The quantitative estimate of drug-likeness (QED) is 0.593. The zero-order chi connectivity index (χ0) is 20.4. The number of hydrogen-bond acceptors (Lipinski definition) is 5. The Hall–Kier alpha value is -2.92. The maximum Gasteiger partial charge on any atom is 0.336 e. The third-order valence-electron chi connectivity index (χ3n) is 5.33. The van der Waals surface area contributed by atoms with Crippen LogP contribution in [0.4, 0.5) is 0 Å². The lowest BCUT2D eigenvalue weighted by Crippen LogP contribution is -2.38. The molecule has 1 fully saturated rings. The van der Waals surface area contributed by atoms with Gasteiger partial charge in [-0.2, -0.15) is 0 Å². The van der Waals surface area contributed by atoms with Crippen molar-refractivity contribution in [2.45, 2.75) is 32.3 Å². The van der Waals surface area contributed by atoms with Crippen LogP contribution in [0.15, 0.2) is 63.8 Å². The maximum absolute atomic E-state index is 12.6. The number of fused-ring (bicyclic) bond motifs is 1. The van der Waals surface area contributed by atoms with E-state index in [0.29, 0.717) is 24.4 Å². The first-order chi connectivity index (χ1) is 13.9. The Morgan fingerprint density at radius 1 is 1.14 bits per heavy atom. The zero-order valence-corrected chi connectivity index (χ0v) is 16.6. The van der Waals surface area contributed by atoms with E-state index in [2.05, 4.69) is 0 Å². The molecular weight excluding hydrogens is 368 g/mol. The van der Waals surface area contributed by atoms with E-state index in [1.807, 2.05) is 50.2 Å². The van der Waals surface area contributed by atoms with Crippen molar-refractivity contribution in [2.75, 3.05) is 13.2 Å². The first-order valence-corrected chi connectivity index (χ1v) is 9.84. The molecule has 3 aromatic rings. The standard InChI is InChI=1S/C24H24O5/c1-24(2)14-17(10-11-28-24)21(25)15-27-18-8-9-19-20(16-6-4-3-5-7-16)13-23(26)29-22(19)12-18/h3-9,12-13,17H,10-11,14-15H2,1-2H3/t17-/m1/s1. The largest absolute Gasteiger partial charge is 0.486 e. The lowest BCUT2D eigenvalue weighted by atomic mass is 9.86. The second kappa shape index (κ2) is 7.84. The molecule has 29 heavy (non-hydrogen) atoms. The molecule has 5 heteroatoms. The van der Waals surface area contributed by atoms with Crippen LogP contribution in [0.3, 0.4) is 0 Å². The number of ether oxygens (including phenoxy) is 2. The molecule has 0 amide bonds. The van der Waals surface area contributed by atoms with E-state index < -0.39 is 5.63 Å². The summed E-state index contributed by atoms with van der Waals surface area (Å²) in [5, 5.41) is 0.820. The van der Waals surface area contributed by atoms with Crippen molar-refractivity contribution in [1.29, 1.82) is 0 Å². The number of rotatable bonds is 5. The van der Waals surface area contributed by atoms with Gasteiger partial charge in [-0.15, -0.1) is 0 Å². The zero-order valence-electron chi connectivity index (χ0n) is 16.6. The lowest BCUT2D eigenvalue weighted by molar-refractivity contribution is -0.135. The van der Waals surface area contributed by atoms with Crippen LogP contribution in [0.5, 0.6) is 5.75 Å². The third-order valence-corrected chi connectivity index (χ3v) is 5.33. The highest BCUT2D eigenvalue weighted by Crippen LogP contribution is 2.31. The van der Waals surface area contributed by atoms with E-state index in [1.54, 1.807) is 12.1 Å². The van der Waals surface area contributed by atoms with E-state index in [9.17, 15) is 9.59 Å². The predicted octanol–water partition coefficient (Wildman–Crippen LogP) is 4.61. The number of hydrogen-bond donors (Lipinski definition) is 0. The molecule has 0 unspecified atom stereocenters. The third kappa shape index (κ3) is 4.40. The van der Waals surface area contributed by atoms with Crippen molar-refractivity contribution >= 4 is 16.8 Å². The van der Waals surface area contributed by atoms with Crippen LogP contribution < -0.4 is 10.4 Å². The number of ketones is 1. The minimum atomic E-state index is -0.422. The fourth-order valence-corrected chi connectivity index (χ4v) is 3.87. The van der Waals surface area contributed by atoms with Gasteiger partial charge in [-0.3, -0.25) is 4.79 Å². The number of Topliss-reactive ketones (excluding diaryl/α,β-unsaturated/α-hetero) is 1. The van der Waals surface area contributed by atoms with Crippen LogP contribution in [0.1, 0.15) is 26.7 Å². The Bertz CT molecular complexity index is 1080. The van der Waals surface area contributed by atoms with Crippen LogP contribution in [0, 0.1) is 5.92 Å². The van der Waals surface area contributed by atoms with Crippen molar-refractivity contribution in [3.05, 3.63) is 65.0 Å². The Morgan fingerprint density at radius 2 is 1.93 bits per heavy atom. The summed E-state index contributed by atoms with van der Waals surface area (Å²) in [5.74, 6) is 0.522. The van der Waals surface area contributed by atoms with Gasteiger partial charge in [0.1, 0.15) is 17.9 Å². The lowest BCUT2D eigenvalue weighted by Gasteiger charge is -2.34. The normalized spacial score (nSPS) is 18.5. The van der Waals surface area contributed by atoms with Gasteiger partial charge in [-0.25, -0.2) is 4.79 Å². The van der Waals surface area contributed by atoms with Gasteiger partial charge in [0, 0.05) is 30.0 Å². The molecule has 0 aliphatic carbocycles. The smallest absolute Gasteiger partial charge is 0.336 e. The molecule has 5 nitrogen and oxygen atoms in total. The SMILES string of the molecule is CC1(C)C[C@H](C(=O)COc2ccc3c(-c4ccccc4)cc(=O)oc3c2)CCO1. The topological polar surface area (TPSA) is 65.7 Å². The highest BCUT2D eigenvalue weighted by Gasteiger charge is 2.32. The molecule has 0 radical (unpaired) electrons. The van der Waals surface area contributed by atoms with Gasteiger partial charge >= 0.3 is 5.63 Å². The minimum Gasteiger partial charge on any atom is -0.486 e. The van der Waals surface area contributed by atoms with E-state index >= 15 is 0 Å². The average molecular weight is 392 g/mol. The Labute approximate surface area is 169 Å². The van der Waals surface area contributed by atoms with Crippen molar-refractivity contribution in [2.24, 2.45) is 5.92 Å². The van der Waals surface area contributed by atoms with Gasteiger partial charge in [0.05, 0.1) is 5.60 Å². The van der Waals surface area contributed by atoms with Gasteiger partial charge in [0.25, 0.3) is 0 Å². The molecule has 0 bridgehead atoms. The van der Waals surface area contributed by atoms with Crippen molar-refractivity contribution < 1.29 is 18.7 Å². The summed E-state index contributed by atoms with van der Waals surface area (Å²) in [7, 11) is 0. The van der Waals surface area contributed by atoms with E-state index in [4.69, 9.17) is 13.9 Å². The first kappa shape index (κ1) is 19.4. The summed E-state index contributed by atoms with van der Waals surface area (Å²) in [6, 6.07) is 16.5. The van der Waals surface area contributed by atoms with Gasteiger partial charge < -0.3 is 13.9 Å². The Kier molecular flexibility index (Phi) is 5.24. The molecular formula is C24H24O5. The highest BCUT2D eigenvalue weighted by molar-refractivity contribution is 5.93. The second-order valence-electron chi connectivity index (χ2n) is 8.06. The summed E-state index contributed by atoms with van der Waals surface area (Å²) in [6.45, 7) is 4.59. The highest BCUT2D eigenvalue weighted by atomic mass is 16.5. The summed E-state index contributed by atoms with van der Waals surface area (Å²) in [6.07, 6.45) is 1.42. The predicted molar refractivity (Wildman–Crippen MR) is 111 cm³/mol. The number of benzene rings is 2. The molecule has 0 N–H and O–H groups in total. The molecule has 4 rings (SSSR count). The molecule has 1 atom stereocenters. The molecule has 1 aliphatic rings. The monoisotopic (exact) mass is 392 g/mol. The second-order valence-corrected chi connectivity index (χ2v) is 8.06. The van der Waals surface area contributed by atoms with Crippen LogP contribution in [-0.2, 0) is 9.53 Å². The van der Waals surface area contributed by atoms with Gasteiger partial charge in [-0.1, -0.05) is 30.3 Å². The van der Waals surface area contributed by atoms with Crippen LogP contribution in [-0.4, -0.2) is 24.6 Å². The molecule has 150 valence electrons. The average Bonchev–Trinajstić information content (AvgIpc) is 2.71. The fourth-order valence-electron chi connectivity index (χ4n) is 3.87. The van der Waals surface area contributed by atoms with Crippen molar-refractivity contribution in [1.82, 2.24) is 0 Å². The van der Waals surface area contributed by atoms with Crippen LogP contribution in [0.2, 0.25) is 0 Å². The van der Waals surface area contributed by atoms with Gasteiger partial charge in [0.15, 0.2) is 5.78 Å². The number of carbonyl (C=O) groups is 1. The maximum atomic E-state index is 12.6. The summed E-state index contributed by atoms with van der Waals surface area (Å²) < 4.78 is 16.8. The van der Waals surface area contributed by atoms with E-state index in [0.717, 1.165) is 22.9 Å².